The highest BCUT2D eigenvalue weighted by Crippen LogP contribution is 2.40. The van der Waals surface area contributed by atoms with Crippen molar-refractivity contribution in [3.05, 3.63) is 57.3 Å². The Morgan fingerprint density at radius 2 is 1.83 bits per heavy atom. The Labute approximate surface area is 184 Å². The largest absolute Gasteiger partial charge is 0.465 e. The first-order chi connectivity index (χ1) is 14.6. The highest BCUT2D eigenvalue weighted by molar-refractivity contribution is 7.13. The second-order valence-corrected chi connectivity index (χ2v) is 9.61. The molecule has 2 aromatic rings. The third-order valence-corrected chi connectivity index (χ3v) is 7.41. The first kappa shape index (κ1) is 22.7. The maximum atomic E-state index is 12.6. The summed E-state index contributed by atoms with van der Waals surface area (Å²) in [6.45, 7) is 2.24. The van der Waals surface area contributed by atoms with Crippen LogP contribution in [0.15, 0.2) is 36.4 Å². The first-order valence-electron chi connectivity index (χ1n) is 11.4. The van der Waals surface area contributed by atoms with Gasteiger partial charge in [-0.15, -0.1) is 11.3 Å². The second kappa shape index (κ2) is 11.5. The summed E-state index contributed by atoms with van der Waals surface area (Å²) in [5.41, 5.74) is 2.58. The van der Waals surface area contributed by atoms with Crippen molar-refractivity contribution in [2.75, 3.05) is 7.11 Å². The van der Waals surface area contributed by atoms with E-state index in [0.717, 1.165) is 32.1 Å². The molecule has 0 aliphatic heterocycles. The van der Waals surface area contributed by atoms with E-state index in [0.29, 0.717) is 23.0 Å². The molecule has 0 spiro atoms. The van der Waals surface area contributed by atoms with Crippen LogP contribution in [0.5, 0.6) is 0 Å². The van der Waals surface area contributed by atoms with Gasteiger partial charge in [0.1, 0.15) is 10.7 Å². The number of unbranched alkanes of at least 4 members (excludes halogenated alkanes) is 3. The lowest BCUT2D eigenvalue weighted by molar-refractivity contribution is -0.119. The topological polar surface area (TPSA) is 43.4 Å². The number of carbonyl (C=O) groups excluding carboxylic acids is 2. The van der Waals surface area contributed by atoms with Gasteiger partial charge in [0.15, 0.2) is 0 Å². The molecule has 3 rings (SSSR count). The first-order valence-corrected chi connectivity index (χ1v) is 12.2. The van der Waals surface area contributed by atoms with Crippen LogP contribution in [0, 0.1) is 5.92 Å². The number of methoxy groups -OCH3 is 1. The number of carbonyl (C=O) groups is 2. The highest BCUT2D eigenvalue weighted by Gasteiger charge is 2.35. The molecule has 1 fully saturated rings. The van der Waals surface area contributed by atoms with Crippen LogP contribution < -0.4 is 0 Å². The molecule has 0 amide bonds. The lowest BCUT2D eigenvalue weighted by Crippen LogP contribution is -2.13. The van der Waals surface area contributed by atoms with Gasteiger partial charge in [0.25, 0.3) is 0 Å². The number of ketones is 1. The second-order valence-electron chi connectivity index (χ2n) is 8.44. The van der Waals surface area contributed by atoms with Gasteiger partial charge in [-0.3, -0.25) is 4.79 Å². The molecule has 1 heterocycles. The Bertz CT molecular complexity index is 821. The quantitative estimate of drug-likeness (QED) is 0.295. The zero-order valence-corrected chi connectivity index (χ0v) is 19.1. The number of rotatable bonds is 11. The van der Waals surface area contributed by atoms with Gasteiger partial charge in [0.05, 0.1) is 7.11 Å². The van der Waals surface area contributed by atoms with E-state index in [2.05, 4.69) is 31.2 Å². The average molecular weight is 427 g/mol. The minimum atomic E-state index is -0.262. The number of hydrogen-bond donors (Lipinski definition) is 0. The number of ether oxygens (including phenoxy) is 1. The number of benzene rings is 1. The molecule has 1 aromatic heterocycles. The van der Waals surface area contributed by atoms with Crippen LogP contribution in [0.2, 0.25) is 0 Å². The summed E-state index contributed by atoms with van der Waals surface area (Å²) < 4.78 is 4.78. The standard InChI is InChI=1S/C26H34O3S/c1-3-4-5-6-8-19-11-13-21(14-12-19)25-20(15-17-23(25)27)9-7-10-22-16-18-24(30-22)26(28)29-2/h11-14,16,18,20,25H,3-10,15,17H2,1-2H3/t20-,25?/m0/s1. The minimum Gasteiger partial charge on any atom is -0.465 e. The van der Waals surface area contributed by atoms with Gasteiger partial charge < -0.3 is 4.74 Å². The van der Waals surface area contributed by atoms with Crippen LogP contribution in [0.4, 0.5) is 0 Å². The van der Waals surface area contributed by atoms with Crippen molar-refractivity contribution in [2.24, 2.45) is 5.92 Å². The molecule has 1 aromatic carbocycles. The number of esters is 1. The van der Waals surface area contributed by atoms with Crippen LogP contribution in [0.3, 0.4) is 0 Å². The fraction of sp³-hybridized carbons (Fsp3) is 0.538. The SMILES string of the molecule is CCCCCCc1ccc(C2C(=O)CC[C@@H]2CCCc2ccc(C(=O)OC)s2)cc1. The Kier molecular flexibility index (Phi) is 8.68. The molecule has 1 aliphatic carbocycles. The maximum Gasteiger partial charge on any atom is 0.348 e. The molecule has 0 radical (unpaired) electrons. The van der Waals surface area contributed by atoms with Gasteiger partial charge in [0.2, 0.25) is 0 Å². The molecule has 0 bridgehead atoms. The zero-order chi connectivity index (χ0) is 21.3. The fourth-order valence-electron chi connectivity index (χ4n) is 4.59. The van der Waals surface area contributed by atoms with Gasteiger partial charge in [-0.2, -0.15) is 0 Å². The lowest BCUT2D eigenvalue weighted by atomic mass is 9.84. The average Bonchev–Trinajstić information content (AvgIpc) is 3.38. The van der Waals surface area contributed by atoms with E-state index in [9.17, 15) is 9.59 Å². The number of hydrogen-bond acceptors (Lipinski definition) is 4. The fourth-order valence-corrected chi connectivity index (χ4v) is 5.56. The molecule has 2 atom stereocenters. The van der Waals surface area contributed by atoms with Gasteiger partial charge in [-0.25, -0.2) is 4.79 Å². The summed E-state index contributed by atoms with van der Waals surface area (Å²) >= 11 is 1.52. The monoisotopic (exact) mass is 426 g/mol. The summed E-state index contributed by atoms with van der Waals surface area (Å²) in [7, 11) is 1.41. The molecule has 0 saturated heterocycles. The summed E-state index contributed by atoms with van der Waals surface area (Å²) in [6, 6.07) is 12.7. The van der Waals surface area contributed by atoms with Crippen molar-refractivity contribution in [3.63, 3.8) is 0 Å². The molecule has 4 heteroatoms. The minimum absolute atomic E-state index is 0.0631. The van der Waals surface area contributed by atoms with E-state index in [4.69, 9.17) is 4.74 Å². The number of Topliss-reactive ketones (excluding diaryl/α,β-unsaturated/α-hetero) is 1. The van der Waals surface area contributed by atoms with E-state index >= 15 is 0 Å². The Balaban J connectivity index is 1.52. The predicted molar refractivity (Wildman–Crippen MR) is 123 cm³/mol. The Morgan fingerprint density at radius 1 is 1.03 bits per heavy atom. The number of aryl methyl sites for hydroxylation is 2. The Hall–Kier alpha value is -1.94. The van der Waals surface area contributed by atoms with E-state index in [-0.39, 0.29) is 11.9 Å². The summed E-state index contributed by atoms with van der Waals surface area (Å²) in [4.78, 5) is 26.1. The van der Waals surface area contributed by atoms with Crippen molar-refractivity contribution in [2.45, 2.75) is 77.0 Å². The molecular formula is C26H34O3S. The summed E-state index contributed by atoms with van der Waals surface area (Å²) in [6.07, 6.45) is 11.0. The molecule has 1 saturated carbocycles. The summed E-state index contributed by atoms with van der Waals surface area (Å²) in [5.74, 6) is 0.641. The smallest absolute Gasteiger partial charge is 0.348 e. The Morgan fingerprint density at radius 3 is 2.57 bits per heavy atom. The normalized spacial score (nSPS) is 18.7. The molecule has 30 heavy (non-hydrogen) atoms. The third kappa shape index (κ3) is 6.04. The van der Waals surface area contributed by atoms with Crippen LogP contribution in [0.25, 0.3) is 0 Å². The molecule has 1 unspecified atom stereocenters. The van der Waals surface area contributed by atoms with E-state index in [1.165, 1.54) is 60.1 Å². The molecule has 0 N–H and O–H groups in total. The van der Waals surface area contributed by atoms with E-state index in [1.807, 2.05) is 12.1 Å². The highest BCUT2D eigenvalue weighted by atomic mass is 32.1. The number of thiophene rings is 1. The molecule has 3 nitrogen and oxygen atoms in total. The van der Waals surface area contributed by atoms with Crippen molar-refractivity contribution < 1.29 is 14.3 Å². The third-order valence-electron chi connectivity index (χ3n) is 6.28. The van der Waals surface area contributed by atoms with E-state index in [1.54, 1.807) is 0 Å². The summed E-state index contributed by atoms with van der Waals surface area (Å²) in [5, 5.41) is 0. The van der Waals surface area contributed by atoms with Gasteiger partial charge in [0, 0.05) is 17.2 Å². The van der Waals surface area contributed by atoms with Crippen molar-refractivity contribution >= 4 is 23.1 Å². The van der Waals surface area contributed by atoms with E-state index < -0.39 is 0 Å². The van der Waals surface area contributed by atoms with Crippen molar-refractivity contribution in [1.29, 1.82) is 0 Å². The van der Waals surface area contributed by atoms with Crippen molar-refractivity contribution in [3.8, 4) is 0 Å². The van der Waals surface area contributed by atoms with Gasteiger partial charge >= 0.3 is 5.97 Å². The predicted octanol–water partition coefficient (Wildman–Crippen LogP) is 6.74. The molecular weight excluding hydrogens is 392 g/mol. The zero-order valence-electron chi connectivity index (χ0n) is 18.3. The van der Waals surface area contributed by atoms with Crippen LogP contribution >= 0.6 is 11.3 Å². The molecule has 162 valence electrons. The van der Waals surface area contributed by atoms with Gasteiger partial charge in [-0.05, 0) is 67.7 Å². The van der Waals surface area contributed by atoms with Crippen LogP contribution in [-0.4, -0.2) is 18.9 Å². The maximum absolute atomic E-state index is 12.6. The lowest BCUT2D eigenvalue weighted by Gasteiger charge is -2.19. The van der Waals surface area contributed by atoms with Crippen molar-refractivity contribution in [1.82, 2.24) is 0 Å². The van der Waals surface area contributed by atoms with Crippen LogP contribution in [0.1, 0.15) is 89.9 Å². The van der Waals surface area contributed by atoms with Crippen LogP contribution in [-0.2, 0) is 22.4 Å². The molecule has 1 aliphatic rings. The van der Waals surface area contributed by atoms with Gasteiger partial charge in [-0.1, -0.05) is 50.5 Å².